The Morgan fingerprint density at radius 1 is 1.03 bits per heavy atom. The van der Waals surface area contributed by atoms with Gasteiger partial charge in [0.25, 0.3) is 5.91 Å². The highest BCUT2D eigenvalue weighted by Gasteiger charge is 2.17. The molecule has 1 saturated heterocycles. The lowest BCUT2D eigenvalue weighted by atomic mass is 10.1. The number of halogens is 1. The highest BCUT2D eigenvalue weighted by molar-refractivity contribution is 5.97. The van der Waals surface area contributed by atoms with Gasteiger partial charge < -0.3 is 15.5 Å². The number of hydrogen-bond donors (Lipinski definition) is 2. The van der Waals surface area contributed by atoms with Gasteiger partial charge >= 0.3 is 0 Å². The number of hydrogen-bond acceptors (Lipinski definition) is 4. The largest absolute Gasteiger partial charge is 0.369 e. The summed E-state index contributed by atoms with van der Waals surface area (Å²) in [5.41, 5.74) is 2.92. The van der Waals surface area contributed by atoms with Crippen LogP contribution in [0, 0.1) is 12.7 Å². The first-order valence-corrected chi connectivity index (χ1v) is 10.8. The molecule has 0 bridgehead atoms. The number of benzene rings is 2. The van der Waals surface area contributed by atoms with Gasteiger partial charge in [0.2, 0.25) is 5.91 Å². The minimum absolute atomic E-state index is 0.0569. The Bertz CT molecular complexity index is 910. The molecule has 31 heavy (non-hydrogen) atoms. The minimum atomic E-state index is -0.599. The summed E-state index contributed by atoms with van der Waals surface area (Å²) in [5.74, 6) is -1.33. The maximum atomic E-state index is 14.0. The molecule has 0 aromatic heterocycles. The summed E-state index contributed by atoms with van der Waals surface area (Å²) in [4.78, 5) is 28.3. The second kappa shape index (κ2) is 10.9. The first kappa shape index (κ1) is 22.7. The maximum Gasteiger partial charge on any atom is 0.254 e. The third-order valence-electron chi connectivity index (χ3n) is 5.46. The monoisotopic (exact) mass is 426 g/mol. The molecule has 0 spiro atoms. The lowest BCUT2D eigenvalue weighted by molar-refractivity contribution is -0.114. The van der Waals surface area contributed by atoms with Crippen LogP contribution in [0.25, 0.3) is 0 Å². The number of nitrogens with one attached hydrogen (secondary N) is 2. The normalized spacial score (nSPS) is 14.4. The molecule has 1 aliphatic heterocycles. The molecule has 2 aromatic carbocycles. The van der Waals surface area contributed by atoms with Crippen molar-refractivity contribution in [2.24, 2.45) is 0 Å². The molecule has 6 nitrogen and oxygen atoms in total. The molecule has 1 aliphatic rings. The van der Waals surface area contributed by atoms with Crippen molar-refractivity contribution in [3.63, 3.8) is 0 Å². The van der Waals surface area contributed by atoms with E-state index in [0.717, 1.165) is 45.6 Å². The van der Waals surface area contributed by atoms with Crippen LogP contribution >= 0.6 is 0 Å². The third-order valence-corrected chi connectivity index (χ3v) is 5.46. The van der Waals surface area contributed by atoms with E-state index in [1.165, 1.54) is 36.4 Å². The second-order valence-corrected chi connectivity index (χ2v) is 8.01. The van der Waals surface area contributed by atoms with Crippen LogP contribution in [0.2, 0.25) is 0 Å². The third kappa shape index (κ3) is 6.79. The molecule has 0 saturated carbocycles. The van der Waals surface area contributed by atoms with E-state index in [9.17, 15) is 14.0 Å². The van der Waals surface area contributed by atoms with E-state index in [0.29, 0.717) is 12.2 Å². The molecule has 2 aromatic rings. The summed E-state index contributed by atoms with van der Waals surface area (Å²) in [6, 6.07) is 12.6. The van der Waals surface area contributed by atoms with Gasteiger partial charge in [-0.15, -0.1) is 0 Å². The lowest BCUT2D eigenvalue weighted by Crippen LogP contribution is -2.46. The fourth-order valence-electron chi connectivity index (χ4n) is 3.79. The van der Waals surface area contributed by atoms with Gasteiger partial charge in [-0.25, -0.2) is 4.39 Å². The number of unbranched alkanes of at least 4 members (excludes halogenated alkanes) is 1. The number of carbonyl (C=O) groups is 2. The van der Waals surface area contributed by atoms with Crippen LogP contribution < -0.4 is 15.5 Å². The lowest BCUT2D eigenvalue weighted by Gasteiger charge is -2.36. The average Bonchev–Trinajstić information content (AvgIpc) is 2.75. The predicted octanol–water partition coefficient (Wildman–Crippen LogP) is 3.42. The number of anilines is 2. The first-order chi connectivity index (χ1) is 14.9. The summed E-state index contributed by atoms with van der Waals surface area (Å²) in [7, 11) is 0. The van der Waals surface area contributed by atoms with Crippen LogP contribution in [-0.4, -0.2) is 56.0 Å². The number of nitrogens with zero attached hydrogens (tertiary/aromatic N) is 2. The standard InChI is InChI=1S/C24H31FN4O2/c1-18-6-5-7-21(16-18)29-14-12-28(13-15-29)11-4-3-10-26-24(31)22-17-20(27-19(2)30)8-9-23(22)25/h5-9,16-17H,3-4,10-15H2,1-2H3,(H,26,31)(H,27,30). The molecule has 1 heterocycles. The van der Waals surface area contributed by atoms with Gasteiger partial charge in [-0.2, -0.15) is 0 Å². The topological polar surface area (TPSA) is 64.7 Å². The van der Waals surface area contributed by atoms with Gasteiger partial charge in [0.05, 0.1) is 5.56 Å². The quantitative estimate of drug-likeness (QED) is 0.635. The maximum absolute atomic E-state index is 14.0. The van der Waals surface area contributed by atoms with Crippen LogP contribution in [0.4, 0.5) is 15.8 Å². The van der Waals surface area contributed by atoms with Crippen LogP contribution in [0.1, 0.15) is 35.7 Å². The zero-order valence-corrected chi connectivity index (χ0v) is 18.3. The Balaban J connectivity index is 1.35. The van der Waals surface area contributed by atoms with Crippen molar-refractivity contribution in [2.75, 3.05) is 49.5 Å². The Labute approximate surface area is 183 Å². The molecule has 0 aliphatic carbocycles. The SMILES string of the molecule is CC(=O)Nc1ccc(F)c(C(=O)NCCCCN2CCN(c3cccc(C)c3)CC2)c1. The molecular formula is C24H31FN4O2. The van der Waals surface area contributed by atoms with E-state index < -0.39 is 11.7 Å². The number of amides is 2. The van der Waals surface area contributed by atoms with E-state index in [-0.39, 0.29) is 11.5 Å². The van der Waals surface area contributed by atoms with E-state index in [2.05, 4.69) is 51.6 Å². The molecule has 2 N–H and O–H groups in total. The molecule has 166 valence electrons. The molecule has 0 unspecified atom stereocenters. The smallest absolute Gasteiger partial charge is 0.254 e. The van der Waals surface area contributed by atoms with Crippen molar-refractivity contribution in [2.45, 2.75) is 26.7 Å². The second-order valence-electron chi connectivity index (χ2n) is 8.01. The average molecular weight is 427 g/mol. The Kier molecular flexibility index (Phi) is 8.00. The van der Waals surface area contributed by atoms with Crippen molar-refractivity contribution in [1.82, 2.24) is 10.2 Å². The first-order valence-electron chi connectivity index (χ1n) is 10.8. The Morgan fingerprint density at radius 3 is 2.52 bits per heavy atom. The van der Waals surface area contributed by atoms with Crippen molar-refractivity contribution < 1.29 is 14.0 Å². The fraction of sp³-hybridized carbons (Fsp3) is 0.417. The molecule has 3 rings (SSSR count). The van der Waals surface area contributed by atoms with Gasteiger partial charge in [0.15, 0.2) is 0 Å². The minimum Gasteiger partial charge on any atom is -0.369 e. The van der Waals surface area contributed by atoms with Gasteiger partial charge in [-0.3, -0.25) is 14.5 Å². The summed E-state index contributed by atoms with van der Waals surface area (Å²) in [6.07, 6.45) is 1.80. The van der Waals surface area contributed by atoms with Crippen LogP contribution in [0.3, 0.4) is 0 Å². The molecule has 2 amide bonds. The Morgan fingerprint density at radius 2 is 1.81 bits per heavy atom. The molecule has 7 heteroatoms. The van der Waals surface area contributed by atoms with Crippen molar-refractivity contribution in [1.29, 1.82) is 0 Å². The van der Waals surface area contributed by atoms with Crippen LogP contribution in [-0.2, 0) is 4.79 Å². The van der Waals surface area contributed by atoms with Gasteiger partial charge in [0, 0.05) is 51.0 Å². The molecule has 0 radical (unpaired) electrons. The number of aryl methyl sites for hydroxylation is 1. The summed E-state index contributed by atoms with van der Waals surface area (Å²) in [6.45, 7) is 9.06. The fourth-order valence-corrected chi connectivity index (χ4v) is 3.79. The van der Waals surface area contributed by atoms with E-state index in [4.69, 9.17) is 0 Å². The van der Waals surface area contributed by atoms with Crippen molar-refractivity contribution in [3.8, 4) is 0 Å². The number of piperazine rings is 1. The molecule has 0 atom stereocenters. The molecular weight excluding hydrogens is 395 g/mol. The van der Waals surface area contributed by atoms with Crippen LogP contribution in [0.15, 0.2) is 42.5 Å². The zero-order chi connectivity index (χ0) is 22.2. The van der Waals surface area contributed by atoms with E-state index in [1.807, 2.05) is 0 Å². The number of carbonyl (C=O) groups excluding carboxylic acids is 2. The predicted molar refractivity (Wildman–Crippen MR) is 122 cm³/mol. The summed E-state index contributed by atoms with van der Waals surface area (Å²) < 4.78 is 14.0. The highest BCUT2D eigenvalue weighted by atomic mass is 19.1. The van der Waals surface area contributed by atoms with Gasteiger partial charge in [-0.05, 0) is 62.2 Å². The Hall–Kier alpha value is -2.93. The summed E-state index contributed by atoms with van der Waals surface area (Å²) in [5, 5.41) is 5.34. The highest BCUT2D eigenvalue weighted by Crippen LogP contribution is 2.18. The van der Waals surface area contributed by atoms with Crippen molar-refractivity contribution in [3.05, 3.63) is 59.4 Å². The summed E-state index contributed by atoms with van der Waals surface area (Å²) >= 11 is 0. The number of rotatable bonds is 8. The van der Waals surface area contributed by atoms with E-state index in [1.54, 1.807) is 0 Å². The van der Waals surface area contributed by atoms with Crippen LogP contribution in [0.5, 0.6) is 0 Å². The zero-order valence-electron chi connectivity index (χ0n) is 18.3. The molecule has 1 fully saturated rings. The van der Waals surface area contributed by atoms with Gasteiger partial charge in [-0.1, -0.05) is 12.1 Å². The van der Waals surface area contributed by atoms with E-state index >= 15 is 0 Å². The van der Waals surface area contributed by atoms with Gasteiger partial charge in [0.1, 0.15) is 5.82 Å². The van der Waals surface area contributed by atoms with Crippen molar-refractivity contribution >= 4 is 23.2 Å².